The smallest absolute Gasteiger partial charge is 0.146 e. The molecule has 1 fully saturated rings. The molecular weight excluding hydrogens is 261 g/mol. The van der Waals surface area contributed by atoms with Crippen LogP contribution in [-0.4, -0.2) is 6.04 Å². The third kappa shape index (κ3) is 4.38. The van der Waals surface area contributed by atoms with Gasteiger partial charge in [-0.2, -0.15) is 0 Å². The molecule has 1 aromatic carbocycles. The van der Waals surface area contributed by atoms with E-state index in [1.165, 1.54) is 38.2 Å². The number of halogens is 2. The van der Waals surface area contributed by atoms with Gasteiger partial charge >= 0.3 is 0 Å². The van der Waals surface area contributed by atoms with Crippen LogP contribution in [0.15, 0.2) is 18.2 Å². The van der Waals surface area contributed by atoms with Gasteiger partial charge in [0.15, 0.2) is 0 Å². The van der Waals surface area contributed by atoms with Gasteiger partial charge in [0.05, 0.1) is 5.69 Å². The van der Waals surface area contributed by atoms with Gasteiger partial charge in [-0.15, -0.1) is 0 Å². The summed E-state index contributed by atoms with van der Waals surface area (Å²) in [6.45, 7) is 2.25. The SMILES string of the molecule is CCCC1CCCC(Nc2cc(Cl)ccc2F)CC1. The zero-order valence-electron chi connectivity index (χ0n) is 11.6. The third-order valence-corrected chi connectivity index (χ3v) is 4.31. The van der Waals surface area contributed by atoms with Crippen LogP contribution in [0.2, 0.25) is 5.02 Å². The maximum Gasteiger partial charge on any atom is 0.146 e. The van der Waals surface area contributed by atoms with Crippen molar-refractivity contribution in [1.82, 2.24) is 0 Å². The van der Waals surface area contributed by atoms with Crippen LogP contribution in [0.25, 0.3) is 0 Å². The summed E-state index contributed by atoms with van der Waals surface area (Å²) in [6, 6.07) is 5.09. The Hall–Kier alpha value is -0.760. The zero-order valence-corrected chi connectivity index (χ0v) is 12.3. The van der Waals surface area contributed by atoms with Crippen molar-refractivity contribution in [3.63, 3.8) is 0 Å². The molecule has 1 aliphatic carbocycles. The van der Waals surface area contributed by atoms with E-state index >= 15 is 0 Å². The van der Waals surface area contributed by atoms with Crippen LogP contribution in [0.3, 0.4) is 0 Å². The molecule has 106 valence electrons. The van der Waals surface area contributed by atoms with Gasteiger partial charge in [0.2, 0.25) is 0 Å². The van der Waals surface area contributed by atoms with E-state index in [9.17, 15) is 4.39 Å². The number of hydrogen-bond donors (Lipinski definition) is 1. The van der Waals surface area contributed by atoms with Crippen molar-refractivity contribution in [2.24, 2.45) is 5.92 Å². The molecule has 0 amide bonds. The monoisotopic (exact) mass is 283 g/mol. The average molecular weight is 284 g/mol. The summed E-state index contributed by atoms with van der Waals surface area (Å²) >= 11 is 5.92. The summed E-state index contributed by atoms with van der Waals surface area (Å²) in [5.41, 5.74) is 0.548. The number of anilines is 1. The highest BCUT2D eigenvalue weighted by molar-refractivity contribution is 6.30. The lowest BCUT2D eigenvalue weighted by atomic mass is 9.95. The molecule has 1 aliphatic rings. The second kappa shape index (κ2) is 7.14. The van der Waals surface area contributed by atoms with Gasteiger partial charge in [0.25, 0.3) is 0 Å². The molecule has 1 saturated carbocycles. The molecule has 1 nitrogen and oxygen atoms in total. The van der Waals surface area contributed by atoms with Gasteiger partial charge in [0.1, 0.15) is 5.82 Å². The van der Waals surface area contributed by atoms with E-state index < -0.39 is 0 Å². The van der Waals surface area contributed by atoms with Crippen molar-refractivity contribution >= 4 is 17.3 Å². The third-order valence-electron chi connectivity index (χ3n) is 4.07. The lowest BCUT2D eigenvalue weighted by molar-refractivity contribution is 0.422. The van der Waals surface area contributed by atoms with E-state index in [0.717, 1.165) is 18.8 Å². The predicted molar refractivity (Wildman–Crippen MR) is 80.3 cm³/mol. The van der Waals surface area contributed by atoms with Crippen LogP contribution < -0.4 is 5.32 Å². The van der Waals surface area contributed by atoms with E-state index in [1.54, 1.807) is 12.1 Å². The fraction of sp³-hybridized carbons (Fsp3) is 0.625. The molecule has 2 atom stereocenters. The first-order chi connectivity index (χ1) is 9.19. The van der Waals surface area contributed by atoms with Crippen LogP contribution in [0.4, 0.5) is 10.1 Å². The average Bonchev–Trinajstić information content (AvgIpc) is 2.60. The molecule has 0 bridgehead atoms. The first kappa shape index (κ1) is 14.6. The van der Waals surface area contributed by atoms with Gasteiger partial charge in [-0.05, 0) is 43.4 Å². The molecule has 0 spiro atoms. The summed E-state index contributed by atoms with van der Waals surface area (Å²) in [5, 5.41) is 3.92. The van der Waals surface area contributed by atoms with Crippen LogP contribution in [-0.2, 0) is 0 Å². The Kier molecular flexibility index (Phi) is 5.50. The Balaban J connectivity index is 1.94. The van der Waals surface area contributed by atoms with Crippen molar-refractivity contribution < 1.29 is 4.39 Å². The quantitative estimate of drug-likeness (QED) is 0.705. The Morgan fingerprint density at radius 2 is 2.11 bits per heavy atom. The minimum Gasteiger partial charge on any atom is -0.380 e. The molecule has 0 heterocycles. The number of nitrogens with one attached hydrogen (secondary N) is 1. The molecule has 0 aliphatic heterocycles. The number of benzene rings is 1. The Bertz CT molecular complexity index is 408. The maximum atomic E-state index is 13.7. The minimum atomic E-state index is -0.209. The molecular formula is C16H23ClFN. The van der Waals surface area contributed by atoms with Crippen molar-refractivity contribution in [2.75, 3.05) is 5.32 Å². The standard InChI is InChI=1S/C16H23ClFN/c1-2-4-12-5-3-6-14(9-7-12)19-16-11-13(17)8-10-15(16)18/h8,10-12,14,19H,2-7,9H2,1H3. The van der Waals surface area contributed by atoms with Crippen molar-refractivity contribution in [1.29, 1.82) is 0 Å². The van der Waals surface area contributed by atoms with Gasteiger partial charge in [-0.3, -0.25) is 0 Å². The number of hydrogen-bond acceptors (Lipinski definition) is 1. The van der Waals surface area contributed by atoms with E-state index in [0.29, 0.717) is 16.8 Å². The van der Waals surface area contributed by atoms with E-state index in [-0.39, 0.29) is 5.82 Å². The van der Waals surface area contributed by atoms with Crippen molar-refractivity contribution in [2.45, 2.75) is 57.9 Å². The fourth-order valence-corrected chi connectivity index (χ4v) is 3.22. The molecule has 2 rings (SSSR count). The van der Waals surface area contributed by atoms with E-state index in [1.807, 2.05) is 0 Å². The summed E-state index contributed by atoms with van der Waals surface area (Å²) < 4.78 is 13.7. The Morgan fingerprint density at radius 3 is 2.89 bits per heavy atom. The molecule has 0 radical (unpaired) electrons. The molecule has 0 saturated heterocycles. The molecule has 1 N–H and O–H groups in total. The molecule has 0 aromatic heterocycles. The molecule has 2 unspecified atom stereocenters. The fourth-order valence-electron chi connectivity index (χ4n) is 3.05. The second-order valence-corrected chi connectivity index (χ2v) is 6.06. The molecule has 3 heteroatoms. The minimum absolute atomic E-state index is 0.209. The first-order valence-electron chi connectivity index (χ1n) is 7.40. The lowest BCUT2D eigenvalue weighted by Crippen LogP contribution is -2.19. The summed E-state index contributed by atoms with van der Waals surface area (Å²) in [7, 11) is 0. The largest absolute Gasteiger partial charge is 0.380 e. The Morgan fingerprint density at radius 1 is 1.26 bits per heavy atom. The van der Waals surface area contributed by atoms with Crippen LogP contribution in [0.1, 0.15) is 51.9 Å². The molecule has 19 heavy (non-hydrogen) atoms. The maximum absolute atomic E-state index is 13.7. The highest BCUT2D eigenvalue weighted by Crippen LogP contribution is 2.29. The van der Waals surface area contributed by atoms with Crippen LogP contribution in [0, 0.1) is 11.7 Å². The van der Waals surface area contributed by atoms with Gasteiger partial charge in [-0.25, -0.2) is 4.39 Å². The van der Waals surface area contributed by atoms with Gasteiger partial charge in [0, 0.05) is 11.1 Å². The van der Waals surface area contributed by atoms with Gasteiger partial charge < -0.3 is 5.32 Å². The highest BCUT2D eigenvalue weighted by atomic mass is 35.5. The summed E-state index contributed by atoms with van der Waals surface area (Å²) in [6.07, 6.45) is 8.69. The molecule has 1 aromatic rings. The Labute approximate surface area is 120 Å². The number of rotatable bonds is 4. The van der Waals surface area contributed by atoms with Gasteiger partial charge in [-0.1, -0.05) is 44.2 Å². The van der Waals surface area contributed by atoms with Crippen LogP contribution >= 0.6 is 11.6 Å². The predicted octanol–water partition coefficient (Wildman–Crippen LogP) is 5.64. The topological polar surface area (TPSA) is 12.0 Å². The second-order valence-electron chi connectivity index (χ2n) is 5.63. The first-order valence-corrected chi connectivity index (χ1v) is 7.78. The normalized spacial score (nSPS) is 23.9. The van der Waals surface area contributed by atoms with E-state index in [2.05, 4.69) is 12.2 Å². The summed E-state index contributed by atoms with van der Waals surface area (Å²) in [4.78, 5) is 0. The summed E-state index contributed by atoms with van der Waals surface area (Å²) in [5.74, 6) is 0.653. The van der Waals surface area contributed by atoms with E-state index in [4.69, 9.17) is 11.6 Å². The van der Waals surface area contributed by atoms with Crippen molar-refractivity contribution in [3.8, 4) is 0 Å². The van der Waals surface area contributed by atoms with Crippen LogP contribution in [0.5, 0.6) is 0 Å². The zero-order chi connectivity index (χ0) is 13.7. The highest BCUT2D eigenvalue weighted by Gasteiger charge is 2.19. The van der Waals surface area contributed by atoms with Crippen molar-refractivity contribution in [3.05, 3.63) is 29.0 Å². The lowest BCUT2D eigenvalue weighted by Gasteiger charge is -2.18.